The van der Waals surface area contributed by atoms with E-state index in [1.807, 2.05) is 0 Å². The summed E-state index contributed by atoms with van der Waals surface area (Å²) in [6.45, 7) is 10.2. The van der Waals surface area contributed by atoms with Gasteiger partial charge in [-0.1, -0.05) is 19.8 Å². The average molecular weight is 212 g/mol. The Bertz CT molecular complexity index is 179. The van der Waals surface area contributed by atoms with Crippen molar-refractivity contribution in [2.45, 2.75) is 77.4 Å². The van der Waals surface area contributed by atoms with Crippen LogP contribution >= 0.6 is 0 Å². The summed E-state index contributed by atoms with van der Waals surface area (Å²) in [5, 5.41) is 0. The Balaban J connectivity index is 2.53. The van der Waals surface area contributed by atoms with Gasteiger partial charge in [-0.05, 0) is 40.0 Å². The zero-order valence-electron chi connectivity index (χ0n) is 10.9. The number of nitrogens with two attached hydrogens (primary N) is 1. The van der Waals surface area contributed by atoms with Gasteiger partial charge in [-0.15, -0.1) is 0 Å². The van der Waals surface area contributed by atoms with Gasteiger partial charge in [-0.2, -0.15) is 0 Å². The van der Waals surface area contributed by atoms with Crippen LogP contribution in [0, 0.1) is 0 Å². The summed E-state index contributed by atoms with van der Waals surface area (Å²) in [6, 6.07) is 1.43. The van der Waals surface area contributed by atoms with E-state index in [1.165, 1.54) is 25.7 Å². The lowest BCUT2D eigenvalue weighted by molar-refractivity contribution is 0.0766. The molecule has 2 heteroatoms. The van der Waals surface area contributed by atoms with Gasteiger partial charge in [0.2, 0.25) is 0 Å². The molecule has 0 amide bonds. The van der Waals surface area contributed by atoms with Crippen LogP contribution in [0.4, 0.5) is 0 Å². The van der Waals surface area contributed by atoms with E-state index in [1.54, 1.807) is 0 Å². The van der Waals surface area contributed by atoms with Crippen molar-refractivity contribution in [1.29, 1.82) is 0 Å². The predicted octanol–water partition coefficient (Wildman–Crippen LogP) is 2.77. The van der Waals surface area contributed by atoms with Gasteiger partial charge in [0.05, 0.1) is 0 Å². The lowest BCUT2D eigenvalue weighted by Gasteiger charge is -2.43. The molecule has 0 radical (unpaired) electrons. The van der Waals surface area contributed by atoms with E-state index in [4.69, 9.17) is 5.73 Å². The highest BCUT2D eigenvalue weighted by atomic mass is 15.2. The minimum absolute atomic E-state index is 0.00535. The average Bonchev–Trinajstić information content (AvgIpc) is 2.11. The monoisotopic (exact) mass is 212 g/mol. The van der Waals surface area contributed by atoms with Gasteiger partial charge in [-0.25, -0.2) is 0 Å². The molecule has 0 aliphatic carbocycles. The van der Waals surface area contributed by atoms with E-state index in [2.05, 4.69) is 32.6 Å². The molecule has 0 saturated carbocycles. The number of hydrogen-bond acceptors (Lipinski definition) is 2. The molecule has 0 spiro atoms. The van der Waals surface area contributed by atoms with Crippen molar-refractivity contribution < 1.29 is 0 Å². The van der Waals surface area contributed by atoms with Crippen LogP contribution in [-0.2, 0) is 0 Å². The number of piperidine rings is 1. The highest BCUT2D eigenvalue weighted by Gasteiger charge is 2.29. The van der Waals surface area contributed by atoms with Gasteiger partial charge in [0.25, 0.3) is 0 Å². The van der Waals surface area contributed by atoms with Crippen LogP contribution in [0.2, 0.25) is 0 Å². The highest BCUT2D eigenvalue weighted by Crippen LogP contribution is 2.25. The fraction of sp³-hybridized carbons (Fsp3) is 1.00. The van der Waals surface area contributed by atoms with Gasteiger partial charge in [0, 0.05) is 24.2 Å². The van der Waals surface area contributed by atoms with Crippen LogP contribution in [-0.4, -0.2) is 29.1 Å². The van der Waals surface area contributed by atoms with Gasteiger partial charge >= 0.3 is 0 Å². The van der Waals surface area contributed by atoms with E-state index in [0.29, 0.717) is 12.1 Å². The molecule has 1 fully saturated rings. The first kappa shape index (κ1) is 13.0. The van der Waals surface area contributed by atoms with Crippen LogP contribution < -0.4 is 5.73 Å². The Morgan fingerprint density at radius 1 is 1.27 bits per heavy atom. The molecule has 1 aliphatic heterocycles. The SMILES string of the molecule is CCCC(C)(N)CN1[C@H](C)CCC[C@@H]1C. The van der Waals surface area contributed by atoms with Crippen LogP contribution in [0.15, 0.2) is 0 Å². The number of rotatable bonds is 4. The summed E-state index contributed by atoms with van der Waals surface area (Å²) in [6.07, 6.45) is 6.37. The van der Waals surface area contributed by atoms with Crippen LogP contribution in [0.5, 0.6) is 0 Å². The number of nitrogens with zero attached hydrogens (tertiary/aromatic N) is 1. The summed E-state index contributed by atoms with van der Waals surface area (Å²) in [4.78, 5) is 2.61. The maximum atomic E-state index is 6.34. The molecule has 0 aromatic heterocycles. The predicted molar refractivity (Wildman–Crippen MR) is 67.0 cm³/mol. The summed E-state index contributed by atoms with van der Waals surface area (Å²) in [7, 11) is 0. The first-order chi connectivity index (χ1) is 6.96. The zero-order valence-corrected chi connectivity index (χ0v) is 10.9. The Morgan fingerprint density at radius 3 is 2.27 bits per heavy atom. The molecule has 1 unspecified atom stereocenters. The number of likely N-dealkylation sites (tertiary alicyclic amines) is 1. The topological polar surface area (TPSA) is 29.3 Å². The second-order valence-corrected chi connectivity index (χ2v) is 5.71. The zero-order chi connectivity index (χ0) is 11.5. The molecule has 15 heavy (non-hydrogen) atoms. The van der Waals surface area contributed by atoms with Crippen molar-refractivity contribution >= 4 is 0 Å². The van der Waals surface area contributed by atoms with Gasteiger partial charge < -0.3 is 5.73 Å². The van der Waals surface area contributed by atoms with Crippen molar-refractivity contribution in [3.8, 4) is 0 Å². The maximum absolute atomic E-state index is 6.34. The van der Waals surface area contributed by atoms with Crippen molar-refractivity contribution in [3.05, 3.63) is 0 Å². The third kappa shape index (κ3) is 3.76. The smallest absolute Gasteiger partial charge is 0.0254 e. The van der Waals surface area contributed by atoms with Crippen LogP contribution in [0.3, 0.4) is 0 Å². The molecule has 2 N–H and O–H groups in total. The second-order valence-electron chi connectivity index (χ2n) is 5.71. The van der Waals surface area contributed by atoms with E-state index in [0.717, 1.165) is 13.0 Å². The third-order valence-corrected chi connectivity index (χ3v) is 3.74. The molecule has 0 bridgehead atoms. The van der Waals surface area contributed by atoms with Crippen molar-refractivity contribution in [2.75, 3.05) is 6.54 Å². The lowest BCUT2D eigenvalue weighted by atomic mass is 9.91. The molecule has 2 nitrogen and oxygen atoms in total. The third-order valence-electron chi connectivity index (χ3n) is 3.74. The summed E-state index contributed by atoms with van der Waals surface area (Å²) >= 11 is 0. The molecule has 90 valence electrons. The fourth-order valence-electron chi connectivity index (χ4n) is 2.85. The Morgan fingerprint density at radius 2 is 1.80 bits per heavy atom. The standard InChI is InChI=1S/C13H28N2/c1-5-9-13(4,14)10-15-11(2)7-6-8-12(15)3/h11-12H,5-10,14H2,1-4H3/t11-,12+,13?. The molecule has 1 aliphatic rings. The van der Waals surface area contributed by atoms with Gasteiger partial charge in [-0.3, -0.25) is 4.90 Å². The Kier molecular flexibility index (Phi) is 4.60. The maximum Gasteiger partial charge on any atom is 0.0254 e. The Hall–Kier alpha value is -0.0800. The normalized spacial score (nSPS) is 32.6. The fourth-order valence-corrected chi connectivity index (χ4v) is 2.85. The van der Waals surface area contributed by atoms with Gasteiger partial charge in [0.15, 0.2) is 0 Å². The van der Waals surface area contributed by atoms with Crippen molar-refractivity contribution in [1.82, 2.24) is 4.90 Å². The second kappa shape index (κ2) is 5.31. The van der Waals surface area contributed by atoms with E-state index in [9.17, 15) is 0 Å². The highest BCUT2D eigenvalue weighted by molar-refractivity contribution is 4.88. The molecule has 0 aromatic carbocycles. The van der Waals surface area contributed by atoms with Crippen molar-refractivity contribution in [2.24, 2.45) is 5.73 Å². The minimum atomic E-state index is -0.00535. The molecular weight excluding hydrogens is 184 g/mol. The quantitative estimate of drug-likeness (QED) is 0.776. The lowest BCUT2D eigenvalue weighted by Crippen LogP contribution is -2.54. The summed E-state index contributed by atoms with van der Waals surface area (Å²) < 4.78 is 0. The summed E-state index contributed by atoms with van der Waals surface area (Å²) in [5.41, 5.74) is 6.34. The molecule has 3 atom stereocenters. The molecule has 1 rings (SSSR count). The number of hydrogen-bond donors (Lipinski definition) is 1. The van der Waals surface area contributed by atoms with E-state index in [-0.39, 0.29) is 5.54 Å². The Labute approximate surface area is 95.2 Å². The van der Waals surface area contributed by atoms with Gasteiger partial charge in [0.1, 0.15) is 0 Å². The van der Waals surface area contributed by atoms with Crippen LogP contribution in [0.25, 0.3) is 0 Å². The molecule has 0 aromatic rings. The largest absolute Gasteiger partial charge is 0.324 e. The first-order valence-corrected chi connectivity index (χ1v) is 6.51. The molecular formula is C13H28N2. The minimum Gasteiger partial charge on any atom is -0.324 e. The van der Waals surface area contributed by atoms with E-state index >= 15 is 0 Å². The van der Waals surface area contributed by atoms with E-state index < -0.39 is 0 Å². The van der Waals surface area contributed by atoms with Crippen molar-refractivity contribution in [3.63, 3.8) is 0 Å². The summed E-state index contributed by atoms with van der Waals surface area (Å²) in [5.74, 6) is 0. The molecule has 1 saturated heterocycles. The van der Waals surface area contributed by atoms with Crippen LogP contribution in [0.1, 0.15) is 59.8 Å². The molecule has 1 heterocycles. The first-order valence-electron chi connectivity index (χ1n) is 6.51.